The Balaban J connectivity index is 1.73. The fourth-order valence-electron chi connectivity index (χ4n) is 4.74. The summed E-state index contributed by atoms with van der Waals surface area (Å²) in [5.74, 6) is 0. The van der Waals surface area contributed by atoms with E-state index < -0.39 is 7.92 Å². The molecule has 0 spiro atoms. The van der Waals surface area contributed by atoms with Crippen LogP contribution in [0.25, 0.3) is 0 Å². The molecule has 1 aliphatic heterocycles. The highest BCUT2D eigenvalue weighted by atomic mass is 32.2. The van der Waals surface area contributed by atoms with Crippen molar-refractivity contribution in [2.75, 3.05) is 26.5 Å². The molecule has 2 aromatic carbocycles. The number of ether oxygens (including phenoxy) is 1. The van der Waals surface area contributed by atoms with Crippen LogP contribution in [0.5, 0.6) is 0 Å². The number of hydrogen-bond donors (Lipinski definition) is 1. The topological polar surface area (TPSA) is 24.5 Å². The molecule has 1 heterocycles. The first-order valence-electron chi connectivity index (χ1n) is 11.6. The average molecular weight is 467 g/mol. The number of rotatable bonds is 10. The number of hydrazine groups is 1. The van der Waals surface area contributed by atoms with E-state index in [0.717, 1.165) is 19.6 Å². The third-order valence-corrected chi connectivity index (χ3v) is 10.1. The fourth-order valence-corrected chi connectivity index (χ4v) is 7.84. The van der Waals surface area contributed by atoms with Crippen LogP contribution in [0.1, 0.15) is 26.2 Å². The van der Waals surface area contributed by atoms with Gasteiger partial charge in [0, 0.05) is 24.9 Å². The van der Waals surface area contributed by atoms with Crippen molar-refractivity contribution in [3.05, 3.63) is 83.7 Å². The SMILES string of the molecule is COCC1CCCN1NC(C1=C(P(c2ccccc2)c2ccccc2)CC=C1)C(C)SC. The molecule has 32 heavy (non-hydrogen) atoms. The third kappa shape index (κ3) is 5.38. The van der Waals surface area contributed by atoms with Crippen LogP contribution in [0.2, 0.25) is 0 Å². The number of benzene rings is 2. The normalized spacial score (nSPS) is 20.9. The quantitative estimate of drug-likeness (QED) is 0.494. The molecule has 3 unspecified atom stereocenters. The molecular formula is C27H35N2OPS. The lowest BCUT2D eigenvalue weighted by Gasteiger charge is -2.35. The summed E-state index contributed by atoms with van der Waals surface area (Å²) < 4.78 is 5.52. The van der Waals surface area contributed by atoms with E-state index in [1.807, 2.05) is 18.9 Å². The Labute approximate surface area is 199 Å². The minimum Gasteiger partial charge on any atom is -0.383 e. The van der Waals surface area contributed by atoms with Gasteiger partial charge in [0.15, 0.2) is 0 Å². The predicted molar refractivity (Wildman–Crippen MR) is 141 cm³/mol. The molecule has 0 radical (unpaired) electrons. The van der Waals surface area contributed by atoms with Gasteiger partial charge in [-0.05, 0) is 54.9 Å². The van der Waals surface area contributed by atoms with E-state index >= 15 is 0 Å². The first kappa shape index (κ1) is 23.7. The van der Waals surface area contributed by atoms with Crippen molar-refractivity contribution in [3.8, 4) is 0 Å². The summed E-state index contributed by atoms with van der Waals surface area (Å²) in [7, 11) is 1.25. The molecule has 1 fully saturated rings. The highest BCUT2D eigenvalue weighted by molar-refractivity contribution is 7.99. The van der Waals surface area contributed by atoms with E-state index in [2.05, 4.69) is 96.4 Å². The second-order valence-corrected chi connectivity index (χ2v) is 12.0. The molecule has 2 aliphatic rings. The van der Waals surface area contributed by atoms with Gasteiger partial charge in [-0.2, -0.15) is 11.8 Å². The van der Waals surface area contributed by atoms with Crippen molar-refractivity contribution >= 4 is 30.3 Å². The van der Waals surface area contributed by atoms with Crippen molar-refractivity contribution in [3.63, 3.8) is 0 Å². The zero-order chi connectivity index (χ0) is 22.3. The molecule has 3 atom stereocenters. The number of thioether (sulfide) groups is 1. The van der Waals surface area contributed by atoms with Crippen LogP contribution in [0.3, 0.4) is 0 Å². The first-order chi connectivity index (χ1) is 15.7. The summed E-state index contributed by atoms with van der Waals surface area (Å²) in [6.07, 6.45) is 10.4. The summed E-state index contributed by atoms with van der Waals surface area (Å²) in [6.45, 7) is 4.23. The lowest BCUT2D eigenvalue weighted by atomic mass is 10.1. The van der Waals surface area contributed by atoms with E-state index in [-0.39, 0.29) is 6.04 Å². The van der Waals surface area contributed by atoms with Gasteiger partial charge >= 0.3 is 0 Å². The van der Waals surface area contributed by atoms with Gasteiger partial charge in [0.2, 0.25) is 0 Å². The van der Waals surface area contributed by atoms with E-state index in [1.54, 1.807) is 5.31 Å². The smallest absolute Gasteiger partial charge is 0.0632 e. The molecule has 0 saturated carbocycles. The molecule has 1 saturated heterocycles. The van der Waals surface area contributed by atoms with Crippen molar-refractivity contribution in [2.24, 2.45) is 0 Å². The summed E-state index contributed by atoms with van der Waals surface area (Å²) in [5.41, 5.74) is 5.45. The van der Waals surface area contributed by atoms with Gasteiger partial charge in [0.25, 0.3) is 0 Å². The number of allylic oxidation sites excluding steroid dienone is 2. The maximum atomic E-state index is 5.52. The standard InChI is InChI=1S/C27H35N2OPS/c1-21(32-3)27(28-29-19-11-12-22(29)20-30-2)25-17-10-18-26(25)31(23-13-6-4-7-14-23)24-15-8-5-9-16-24/h4-10,13-17,21-22,27-28H,11-12,18-20H2,1-3H3. The maximum Gasteiger partial charge on any atom is 0.0632 e. The summed E-state index contributed by atoms with van der Waals surface area (Å²) in [6, 6.07) is 22.9. The zero-order valence-electron chi connectivity index (χ0n) is 19.4. The molecular weight excluding hydrogens is 431 g/mol. The van der Waals surface area contributed by atoms with Crippen LogP contribution < -0.4 is 16.0 Å². The zero-order valence-corrected chi connectivity index (χ0v) is 21.1. The molecule has 170 valence electrons. The first-order valence-corrected chi connectivity index (χ1v) is 14.2. The second kappa shape index (κ2) is 11.6. The molecule has 3 nitrogen and oxygen atoms in total. The third-order valence-electron chi connectivity index (χ3n) is 6.46. The average Bonchev–Trinajstić information content (AvgIpc) is 3.48. The Kier molecular flexibility index (Phi) is 8.62. The largest absolute Gasteiger partial charge is 0.383 e. The van der Waals surface area contributed by atoms with Gasteiger partial charge in [0.05, 0.1) is 12.6 Å². The second-order valence-electron chi connectivity index (χ2n) is 8.51. The van der Waals surface area contributed by atoms with Crippen molar-refractivity contribution in [2.45, 2.75) is 43.5 Å². The molecule has 2 aromatic rings. The van der Waals surface area contributed by atoms with Gasteiger partial charge < -0.3 is 4.74 Å². The Hall–Kier alpha value is -1.42. The van der Waals surface area contributed by atoms with Crippen LogP contribution in [0.15, 0.2) is 83.7 Å². The molecule has 1 N–H and O–H groups in total. The number of methoxy groups -OCH3 is 1. The molecule has 4 rings (SSSR count). The van der Waals surface area contributed by atoms with Gasteiger partial charge in [-0.25, -0.2) is 10.4 Å². The Morgan fingerprint density at radius 2 is 1.75 bits per heavy atom. The number of hydrogen-bond acceptors (Lipinski definition) is 4. The minimum absolute atomic E-state index is 0.286. The van der Waals surface area contributed by atoms with E-state index in [0.29, 0.717) is 11.3 Å². The van der Waals surface area contributed by atoms with Crippen LogP contribution in [-0.2, 0) is 4.74 Å². The Morgan fingerprint density at radius 3 is 2.34 bits per heavy atom. The van der Waals surface area contributed by atoms with Crippen molar-refractivity contribution in [1.82, 2.24) is 10.4 Å². The number of nitrogens with zero attached hydrogens (tertiary/aromatic N) is 1. The minimum atomic E-state index is -0.565. The molecule has 0 aromatic heterocycles. The summed E-state index contributed by atoms with van der Waals surface area (Å²) in [4.78, 5) is 0. The van der Waals surface area contributed by atoms with E-state index in [1.165, 1.54) is 29.0 Å². The summed E-state index contributed by atoms with van der Waals surface area (Å²) in [5, 5.41) is 7.36. The van der Waals surface area contributed by atoms with Crippen LogP contribution in [0, 0.1) is 0 Å². The van der Waals surface area contributed by atoms with Crippen molar-refractivity contribution in [1.29, 1.82) is 0 Å². The highest BCUT2D eigenvalue weighted by Crippen LogP contribution is 2.50. The number of nitrogens with one attached hydrogen (secondary N) is 1. The van der Waals surface area contributed by atoms with Crippen LogP contribution in [0.4, 0.5) is 0 Å². The molecule has 0 amide bonds. The molecule has 1 aliphatic carbocycles. The monoisotopic (exact) mass is 466 g/mol. The fraction of sp³-hybridized carbons (Fsp3) is 0.407. The van der Waals surface area contributed by atoms with E-state index in [9.17, 15) is 0 Å². The van der Waals surface area contributed by atoms with Gasteiger partial charge in [-0.1, -0.05) is 79.7 Å². The van der Waals surface area contributed by atoms with Gasteiger partial charge in [0.1, 0.15) is 0 Å². The van der Waals surface area contributed by atoms with Crippen LogP contribution in [-0.4, -0.2) is 48.9 Å². The lowest BCUT2D eigenvalue weighted by Crippen LogP contribution is -2.52. The Morgan fingerprint density at radius 1 is 1.09 bits per heavy atom. The lowest BCUT2D eigenvalue weighted by molar-refractivity contribution is 0.0757. The van der Waals surface area contributed by atoms with Gasteiger partial charge in [-0.15, -0.1) is 0 Å². The van der Waals surface area contributed by atoms with Gasteiger partial charge in [-0.3, -0.25) is 0 Å². The van der Waals surface area contributed by atoms with E-state index in [4.69, 9.17) is 4.74 Å². The maximum absolute atomic E-state index is 5.52. The van der Waals surface area contributed by atoms with Crippen molar-refractivity contribution < 1.29 is 4.74 Å². The highest BCUT2D eigenvalue weighted by Gasteiger charge is 2.33. The Bertz CT molecular complexity index is 878. The molecule has 5 heteroatoms. The van der Waals surface area contributed by atoms with Crippen LogP contribution >= 0.6 is 19.7 Å². The summed E-state index contributed by atoms with van der Waals surface area (Å²) >= 11 is 1.94. The predicted octanol–water partition coefficient (Wildman–Crippen LogP) is 5.07. The molecule has 0 bridgehead atoms.